The molecule has 0 spiro atoms. The molecule has 0 radical (unpaired) electrons. The van der Waals surface area contributed by atoms with Crippen molar-refractivity contribution in [2.24, 2.45) is 0 Å². The van der Waals surface area contributed by atoms with E-state index in [1.54, 1.807) is 24.3 Å². The van der Waals surface area contributed by atoms with Crippen LogP contribution in [0.1, 0.15) is 10.8 Å². The number of carbonyl (C=O) groups excluding carboxylic acids is 2. The molecule has 0 saturated carbocycles. The Hall–Kier alpha value is -3.74. The summed E-state index contributed by atoms with van der Waals surface area (Å²) in [6.07, 6.45) is 0. The summed E-state index contributed by atoms with van der Waals surface area (Å²) in [5.41, 5.74) is 2.80. The molecular formula is C27H22ClN3O2S. The molecule has 4 aromatic carbocycles. The molecule has 5 nitrogen and oxygen atoms in total. The van der Waals surface area contributed by atoms with E-state index in [1.165, 1.54) is 11.8 Å². The zero-order chi connectivity index (χ0) is 23.8. The van der Waals surface area contributed by atoms with Crippen molar-refractivity contribution in [1.29, 1.82) is 0 Å². The Bertz CT molecular complexity index is 1250. The van der Waals surface area contributed by atoms with Crippen molar-refractivity contribution in [3.8, 4) is 0 Å². The van der Waals surface area contributed by atoms with E-state index < -0.39 is 5.25 Å². The number of benzene rings is 4. The Labute approximate surface area is 207 Å². The maximum absolute atomic E-state index is 13.2. The summed E-state index contributed by atoms with van der Waals surface area (Å²) in [6, 6.07) is 33.0. The average molecular weight is 488 g/mol. The van der Waals surface area contributed by atoms with Crippen LogP contribution in [0.4, 0.5) is 21.9 Å². The van der Waals surface area contributed by atoms with Crippen LogP contribution in [-0.4, -0.2) is 11.9 Å². The van der Waals surface area contributed by atoms with Gasteiger partial charge in [-0.25, -0.2) is 4.79 Å². The molecule has 7 heteroatoms. The SMILES string of the molecule is O=C(Nc1ccccc1)Nc1ccc(SC(C(=O)Nc2ccccc2Cl)c2ccccc2)cc1. The van der Waals surface area contributed by atoms with Crippen LogP contribution in [-0.2, 0) is 4.79 Å². The summed E-state index contributed by atoms with van der Waals surface area (Å²) < 4.78 is 0. The number of thioether (sulfide) groups is 1. The first-order valence-electron chi connectivity index (χ1n) is 10.6. The molecule has 3 N–H and O–H groups in total. The number of anilines is 3. The standard InChI is InChI=1S/C27H22ClN3O2S/c28-23-13-7-8-14-24(23)31-26(32)25(19-9-3-1-4-10-19)34-22-17-15-21(16-18-22)30-27(33)29-20-11-5-2-6-12-20/h1-18,25H,(H,31,32)(H2,29,30,33). The normalized spacial score (nSPS) is 11.3. The van der Waals surface area contributed by atoms with Gasteiger partial charge in [0.05, 0.1) is 10.7 Å². The van der Waals surface area contributed by atoms with Crippen LogP contribution in [0.15, 0.2) is 114 Å². The van der Waals surface area contributed by atoms with Crippen molar-refractivity contribution in [1.82, 2.24) is 0 Å². The second-order valence-corrected chi connectivity index (χ2v) is 8.93. The van der Waals surface area contributed by atoms with Crippen molar-refractivity contribution in [2.45, 2.75) is 10.1 Å². The van der Waals surface area contributed by atoms with Gasteiger partial charge in [0.15, 0.2) is 0 Å². The molecule has 0 saturated heterocycles. The minimum Gasteiger partial charge on any atom is -0.323 e. The van der Waals surface area contributed by atoms with E-state index in [0.29, 0.717) is 22.1 Å². The van der Waals surface area contributed by atoms with Crippen molar-refractivity contribution < 1.29 is 9.59 Å². The van der Waals surface area contributed by atoms with E-state index in [0.717, 1.165) is 10.5 Å². The molecule has 1 atom stereocenters. The number of urea groups is 1. The van der Waals surface area contributed by atoms with Crippen LogP contribution >= 0.6 is 23.4 Å². The highest BCUT2D eigenvalue weighted by atomic mass is 35.5. The predicted molar refractivity (Wildman–Crippen MR) is 141 cm³/mol. The lowest BCUT2D eigenvalue weighted by Gasteiger charge is -2.18. The summed E-state index contributed by atoms with van der Waals surface area (Å²) in [5, 5.41) is 8.52. The maximum Gasteiger partial charge on any atom is 0.323 e. The van der Waals surface area contributed by atoms with Gasteiger partial charge in [-0.15, -0.1) is 11.8 Å². The van der Waals surface area contributed by atoms with Gasteiger partial charge in [-0.1, -0.05) is 72.3 Å². The van der Waals surface area contributed by atoms with Crippen molar-refractivity contribution >= 4 is 52.4 Å². The van der Waals surface area contributed by atoms with Gasteiger partial charge in [0.2, 0.25) is 5.91 Å². The maximum atomic E-state index is 13.2. The molecule has 0 bridgehead atoms. The van der Waals surface area contributed by atoms with Gasteiger partial charge in [0.25, 0.3) is 0 Å². The summed E-state index contributed by atoms with van der Waals surface area (Å²) in [7, 11) is 0. The topological polar surface area (TPSA) is 70.2 Å². The summed E-state index contributed by atoms with van der Waals surface area (Å²) in [5.74, 6) is -0.172. The molecule has 0 aliphatic rings. The van der Waals surface area contributed by atoms with Gasteiger partial charge in [-0.2, -0.15) is 0 Å². The van der Waals surface area contributed by atoms with Crippen LogP contribution in [0, 0.1) is 0 Å². The molecule has 4 rings (SSSR count). The largest absolute Gasteiger partial charge is 0.323 e. The highest BCUT2D eigenvalue weighted by Crippen LogP contribution is 2.37. The number of hydrogen-bond donors (Lipinski definition) is 3. The Balaban J connectivity index is 1.45. The summed E-state index contributed by atoms with van der Waals surface area (Å²) in [6.45, 7) is 0. The third-order valence-electron chi connectivity index (χ3n) is 4.87. The molecule has 0 aliphatic carbocycles. The number of hydrogen-bond acceptors (Lipinski definition) is 3. The molecule has 1 unspecified atom stereocenters. The fraction of sp³-hybridized carbons (Fsp3) is 0.0370. The molecule has 4 aromatic rings. The van der Waals surface area contributed by atoms with Crippen molar-refractivity contribution in [3.05, 3.63) is 120 Å². The molecule has 3 amide bonds. The highest BCUT2D eigenvalue weighted by molar-refractivity contribution is 8.00. The lowest BCUT2D eigenvalue weighted by molar-refractivity contribution is -0.115. The fourth-order valence-corrected chi connectivity index (χ4v) is 4.44. The van der Waals surface area contributed by atoms with Crippen LogP contribution in [0.25, 0.3) is 0 Å². The second kappa shape index (κ2) is 11.4. The summed E-state index contributed by atoms with van der Waals surface area (Å²) in [4.78, 5) is 26.3. The van der Waals surface area contributed by atoms with E-state index in [9.17, 15) is 9.59 Å². The number of amides is 3. The molecular weight excluding hydrogens is 466 g/mol. The Morgan fingerprint density at radius 3 is 1.85 bits per heavy atom. The molecule has 34 heavy (non-hydrogen) atoms. The monoisotopic (exact) mass is 487 g/mol. The zero-order valence-corrected chi connectivity index (χ0v) is 19.6. The molecule has 0 fully saturated rings. The van der Waals surface area contributed by atoms with Gasteiger partial charge in [0.1, 0.15) is 5.25 Å². The van der Waals surface area contributed by atoms with Gasteiger partial charge in [-0.05, 0) is 54.1 Å². The van der Waals surface area contributed by atoms with E-state index in [4.69, 9.17) is 11.6 Å². The smallest absolute Gasteiger partial charge is 0.323 e. The Kier molecular flexibility index (Phi) is 7.86. The van der Waals surface area contributed by atoms with Crippen LogP contribution in [0.3, 0.4) is 0 Å². The predicted octanol–water partition coefficient (Wildman–Crippen LogP) is 7.46. The average Bonchev–Trinajstić information content (AvgIpc) is 2.86. The third kappa shape index (κ3) is 6.41. The van der Waals surface area contributed by atoms with Gasteiger partial charge in [0, 0.05) is 16.3 Å². The Morgan fingerprint density at radius 2 is 1.21 bits per heavy atom. The fourth-order valence-electron chi connectivity index (χ4n) is 3.23. The summed E-state index contributed by atoms with van der Waals surface area (Å²) >= 11 is 7.65. The van der Waals surface area contributed by atoms with Crippen molar-refractivity contribution in [2.75, 3.05) is 16.0 Å². The molecule has 170 valence electrons. The van der Waals surface area contributed by atoms with E-state index in [-0.39, 0.29) is 11.9 Å². The van der Waals surface area contributed by atoms with E-state index in [1.807, 2.05) is 84.9 Å². The van der Waals surface area contributed by atoms with Crippen LogP contribution in [0.5, 0.6) is 0 Å². The number of rotatable bonds is 7. The van der Waals surface area contributed by atoms with Crippen LogP contribution < -0.4 is 16.0 Å². The van der Waals surface area contributed by atoms with Gasteiger partial charge >= 0.3 is 6.03 Å². The first-order valence-corrected chi connectivity index (χ1v) is 11.8. The minimum atomic E-state index is -0.488. The number of para-hydroxylation sites is 2. The highest BCUT2D eigenvalue weighted by Gasteiger charge is 2.23. The molecule has 0 aromatic heterocycles. The second-order valence-electron chi connectivity index (χ2n) is 7.35. The number of carbonyl (C=O) groups is 2. The first-order chi connectivity index (χ1) is 16.6. The zero-order valence-electron chi connectivity index (χ0n) is 18.1. The van der Waals surface area contributed by atoms with Gasteiger partial charge < -0.3 is 16.0 Å². The van der Waals surface area contributed by atoms with E-state index >= 15 is 0 Å². The molecule has 0 aliphatic heterocycles. The first kappa shape index (κ1) is 23.4. The van der Waals surface area contributed by atoms with Crippen molar-refractivity contribution in [3.63, 3.8) is 0 Å². The quantitative estimate of drug-likeness (QED) is 0.237. The van der Waals surface area contributed by atoms with Crippen LogP contribution in [0.2, 0.25) is 5.02 Å². The van der Waals surface area contributed by atoms with Gasteiger partial charge in [-0.3, -0.25) is 4.79 Å². The Morgan fingerprint density at radius 1 is 0.647 bits per heavy atom. The van der Waals surface area contributed by atoms with E-state index in [2.05, 4.69) is 16.0 Å². The third-order valence-corrected chi connectivity index (χ3v) is 6.47. The number of halogens is 1. The molecule has 0 heterocycles. The lowest BCUT2D eigenvalue weighted by Crippen LogP contribution is -2.19. The number of nitrogens with one attached hydrogen (secondary N) is 3. The lowest BCUT2D eigenvalue weighted by atomic mass is 10.1. The minimum absolute atomic E-state index is 0.172.